The van der Waals surface area contributed by atoms with Crippen molar-refractivity contribution in [3.63, 3.8) is 0 Å². The highest BCUT2D eigenvalue weighted by Crippen LogP contribution is 2.21. The standard InChI is InChI=1S/C12H11ClN4O2S/c1-19-11(18)7-2-3-8(15-5-7)6-20-12-16-9(13)4-10(14)17-12/h2-5H,6H2,1H3,(H2,14,16,17). The molecule has 0 atom stereocenters. The summed E-state index contributed by atoms with van der Waals surface area (Å²) in [7, 11) is 1.33. The Morgan fingerprint density at radius 2 is 2.25 bits per heavy atom. The number of carbonyl (C=O) groups excluding carboxylic acids is 1. The number of carbonyl (C=O) groups is 1. The van der Waals surface area contributed by atoms with Gasteiger partial charge in [0, 0.05) is 18.0 Å². The molecular formula is C12H11ClN4O2S. The van der Waals surface area contributed by atoms with Crippen molar-refractivity contribution in [2.24, 2.45) is 0 Å². The average molecular weight is 311 g/mol. The largest absolute Gasteiger partial charge is 0.465 e. The Bertz CT molecular complexity index is 601. The Morgan fingerprint density at radius 1 is 1.45 bits per heavy atom. The van der Waals surface area contributed by atoms with Crippen molar-refractivity contribution < 1.29 is 9.53 Å². The maximum Gasteiger partial charge on any atom is 0.339 e. The highest BCUT2D eigenvalue weighted by atomic mass is 35.5. The number of esters is 1. The molecule has 8 heteroatoms. The van der Waals surface area contributed by atoms with Crippen molar-refractivity contribution in [2.45, 2.75) is 10.9 Å². The molecule has 104 valence electrons. The molecule has 20 heavy (non-hydrogen) atoms. The van der Waals surface area contributed by atoms with Crippen LogP contribution in [0.5, 0.6) is 0 Å². The third-order valence-corrected chi connectivity index (χ3v) is 3.36. The van der Waals surface area contributed by atoms with Gasteiger partial charge in [-0.15, -0.1) is 0 Å². The van der Waals surface area contributed by atoms with Crippen LogP contribution in [-0.4, -0.2) is 28.0 Å². The molecule has 2 aromatic rings. The summed E-state index contributed by atoms with van der Waals surface area (Å²) in [6.45, 7) is 0. The summed E-state index contributed by atoms with van der Waals surface area (Å²) in [5.74, 6) is 0.450. The van der Waals surface area contributed by atoms with E-state index in [0.29, 0.717) is 27.4 Å². The van der Waals surface area contributed by atoms with Gasteiger partial charge < -0.3 is 10.5 Å². The molecule has 0 unspecified atom stereocenters. The highest BCUT2D eigenvalue weighted by Gasteiger charge is 2.07. The number of ether oxygens (including phenoxy) is 1. The van der Waals surface area contributed by atoms with Crippen LogP contribution in [0.1, 0.15) is 16.1 Å². The molecule has 0 radical (unpaired) electrons. The molecule has 0 spiro atoms. The second-order valence-corrected chi connectivity index (χ2v) is 5.05. The first-order chi connectivity index (χ1) is 9.58. The van der Waals surface area contributed by atoms with Crippen LogP contribution in [0.4, 0.5) is 5.82 Å². The van der Waals surface area contributed by atoms with Crippen LogP contribution in [0.25, 0.3) is 0 Å². The molecule has 0 aliphatic rings. The fourth-order valence-electron chi connectivity index (χ4n) is 1.36. The first-order valence-corrected chi connectivity index (χ1v) is 6.91. The molecule has 0 amide bonds. The molecule has 0 saturated heterocycles. The Balaban J connectivity index is 2.02. The summed E-state index contributed by atoms with van der Waals surface area (Å²) in [6.07, 6.45) is 1.47. The number of pyridine rings is 1. The number of hydrogen-bond donors (Lipinski definition) is 1. The maximum absolute atomic E-state index is 11.3. The SMILES string of the molecule is COC(=O)c1ccc(CSc2nc(N)cc(Cl)n2)nc1. The Morgan fingerprint density at radius 3 is 2.85 bits per heavy atom. The van der Waals surface area contributed by atoms with Gasteiger partial charge in [-0.3, -0.25) is 4.98 Å². The van der Waals surface area contributed by atoms with Crippen LogP contribution in [0.3, 0.4) is 0 Å². The van der Waals surface area contributed by atoms with Gasteiger partial charge in [-0.1, -0.05) is 23.4 Å². The van der Waals surface area contributed by atoms with Crippen LogP contribution >= 0.6 is 23.4 Å². The fraction of sp³-hybridized carbons (Fsp3) is 0.167. The van der Waals surface area contributed by atoms with Gasteiger partial charge >= 0.3 is 5.97 Å². The number of thioether (sulfide) groups is 1. The highest BCUT2D eigenvalue weighted by molar-refractivity contribution is 7.98. The fourth-order valence-corrected chi connectivity index (χ4v) is 2.39. The molecule has 0 fully saturated rings. The van der Waals surface area contributed by atoms with Crippen LogP contribution in [0.2, 0.25) is 5.15 Å². The monoisotopic (exact) mass is 310 g/mol. The third-order valence-electron chi connectivity index (χ3n) is 2.29. The Kier molecular flexibility index (Phi) is 4.75. The second-order valence-electron chi connectivity index (χ2n) is 3.72. The number of aromatic nitrogens is 3. The lowest BCUT2D eigenvalue weighted by molar-refractivity contribution is 0.0600. The van der Waals surface area contributed by atoms with Crippen LogP contribution in [0.15, 0.2) is 29.6 Å². The first kappa shape index (κ1) is 14.5. The van der Waals surface area contributed by atoms with Gasteiger partial charge in [0.25, 0.3) is 0 Å². The number of rotatable bonds is 4. The smallest absolute Gasteiger partial charge is 0.339 e. The molecule has 0 saturated carbocycles. The molecule has 2 heterocycles. The second kappa shape index (κ2) is 6.53. The van der Waals surface area contributed by atoms with E-state index in [1.807, 2.05) is 0 Å². The van der Waals surface area contributed by atoms with Crippen molar-refractivity contribution in [2.75, 3.05) is 12.8 Å². The molecular weight excluding hydrogens is 300 g/mol. The first-order valence-electron chi connectivity index (χ1n) is 5.54. The minimum Gasteiger partial charge on any atom is -0.465 e. The zero-order valence-electron chi connectivity index (χ0n) is 10.5. The van der Waals surface area contributed by atoms with E-state index in [2.05, 4.69) is 19.7 Å². The molecule has 0 bridgehead atoms. The minimum atomic E-state index is -0.414. The van der Waals surface area contributed by atoms with E-state index < -0.39 is 5.97 Å². The van der Waals surface area contributed by atoms with Gasteiger partial charge in [-0.2, -0.15) is 0 Å². The van der Waals surface area contributed by atoms with Gasteiger partial charge in [0.05, 0.1) is 18.4 Å². The van der Waals surface area contributed by atoms with Gasteiger partial charge in [0.15, 0.2) is 5.16 Å². The Labute approximate surface area is 124 Å². The van der Waals surface area contributed by atoms with Crippen LogP contribution in [-0.2, 0) is 10.5 Å². The number of methoxy groups -OCH3 is 1. The van der Waals surface area contributed by atoms with E-state index in [1.165, 1.54) is 31.1 Å². The van der Waals surface area contributed by atoms with E-state index in [1.54, 1.807) is 12.1 Å². The minimum absolute atomic E-state index is 0.300. The molecule has 2 rings (SSSR count). The summed E-state index contributed by atoms with van der Waals surface area (Å²) in [4.78, 5) is 23.5. The summed E-state index contributed by atoms with van der Waals surface area (Å²) >= 11 is 7.15. The summed E-state index contributed by atoms with van der Waals surface area (Å²) in [5.41, 5.74) is 6.77. The number of nitrogens with zero attached hydrogens (tertiary/aromatic N) is 3. The lowest BCUT2D eigenvalue weighted by Crippen LogP contribution is -2.02. The predicted molar refractivity (Wildman–Crippen MR) is 76.6 cm³/mol. The molecule has 0 aliphatic carbocycles. The number of nitrogens with two attached hydrogens (primary N) is 1. The van der Waals surface area contributed by atoms with Crippen molar-refractivity contribution in [3.05, 3.63) is 40.8 Å². The van der Waals surface area contributed by atoms with E-state index >= 15 is 0 Å². The van der Waals surface area contributed by atoms with Gasteiger partial charge in [0.1, 0.15) is 11.0 Å². The molecule has 0 aromatic carbocycles. The summed E-state index contributed by atoms with van der Waals surface area (Å²) in [6, 6.07) is 4.88. The van der Waals surface area contributed by atoms with E-state index in [0.717, 1.165) is 5.69 Å². The average Bonchev–Trinajstić information content (AvgIpc) is 2.44. The molecule has 6 nitrogen and oxygen atoms in total. The van der Waals surface area contributed by atoms with Crippen molar-refractivity contribution >= 4 is 35.1 Å². The molecule has 0 aliphatic heterocycles. The number of halogens is 1. The molecule has 2 aromatic heterocycles. The van der Waals surface area contributed by atoms with Crippen molar-refractivity contribution in [1.29, 1.82) is 0 Å². The number of anilines is 1. The lowest BCUT2D eigenvalue weighted by atomic mass is 10.2. The van der Waals surface area contributed by atoms with Gasteiger partial charge in [-0.05, 0) is 12.1 Å². The zero-order valence-corrected chi connectivity index (χ0v) is 12.1. The van der Waals surface area contributed by atoms with Crippen LogP contribution in [0, 0.1) is 0 Å². The van der Waals surface area contributed by atoms with Gasteiger partial charge in [0.2, 0.25) is 0 Å². The lowest BCUT2D eigenvalue weighted by Gasteiger charge is -2.03. The number of nitrogen functional groups attached to an aromatic ring is 1. The maximum atomic E-state index is 11.3. The Hall–Kier alpha value is -1.86. The van der Waals surface area contributed by atoms with E-state index in [9.17, 15) is 4.79 Å². The quantitative estimate of drug-likeness (QED) is 0.400. The number of hydrogen-bond acceptors (Lipinski definition) is 7. The summed E-state index contributed by atoms with van der Waals surface area (Å²) in [5, 5.41) is 0.780. The third kappa shape index (κ3) is 3.82. The van der Waals surface area contributed by atoms with E-state index in [4.69, 9.17) is 17.3 Å². The normalized spacial score (nSPS) is 10.3. The van der Waals surface area contributed by atoms with E-state index in [-0.39, 0.29) is 0 Å². The topological polar surface area (TPSA) is 91.0 Å². The predicted octanol–water partition coefficient (Wildman–Crippen LogP) is 2.19. The van der Waals surface area contributed by atoms with Crippen LogP contribution < -0.4 is 5.73 Å². The molecule has 2 N–H and O–H groups in total. The van der Waals surface area contributed by atoms with Crippen molar-refractivity contribution in [1.82, 2.24) is 15.0 Å². The van der Waals surface area contributed by atoms with Gasteiger partial charge in [-0.25, -0.2) is 14.8 Å². The summed E-state index contributed by atoms with van der Waals surface area (Å²) < 4.78 is 4.60. The zero-order chi connectivity index (χ0) is 14.5. The van der Waals surface area contributed by atoms with Crippen molar-refractivity contribution in [3.8, 4) is 0 Å².